The zero-order valence-electron chi connectivity index (χ0n) is 15.4. The van der Waals surface area contributed by atoms with Crippen LogP contribution in [-0.2, 0) is 6.42 Å². The number of aromatic nitrogens is 3. The van der Waals surface area contributed by atoms with E-state index in [0.717, 1.165) is 39.0 Å². The van der Waals surface area contributed by atoms with Gasteiger partial charge in [0.1, 0.15) is 17.3 Å². The number of hydrogen-bond acceptors (Lipinski definition) is 4. The van der Waals surface area contributed by atoms with Gasteiger partial charge < -0.3 is 10.2 Å². The molecule has 1 aromatic carbocycles. The van der Waals surface area contributed by atoms with Crippen LogP contribution in [0.15, 0.2) is 24.3 Å². The molecule has 0 saturated carbocycles. The molecule has 0 unspecified atom stereocenters. The summed E-state index contributed by atoms with van der Waals surface area (Å²) in [6, 6.07) is 6.43. The van der Waals surface area contributed by atoms with Gasteiger partial charge in [-0.05, 0) is 49.9 Å². The van der Waals surface area contributed by atoms with Crippen molar-refractivity contribution in [1.29, 1.82) is 0 Å². The van der Waals surface area contributed by atoms with Crippen molar-refractivity contribution in [3.63, 3.8) is 0 Å². The number of rotatable bonds is 3. The fourth-order valence-electron chi connectivity index (χ4n) is 4.04. The third kappa shape index (κ3) is 3.84. The molecule has 4 rings (SSSR count). The van der Waals surface area contributed by atoms with Crippen molar-refractivity contribution in [1.82, 2.24) is 25.0 Å². The van der Waals surface area contributed by atoms with E-state index in [1.54, 1.807) is 18.2 Å². The van der Waals surface area contributed by atoms with Gasteiger partial charge in [-0.1, -0.05) is 19.1 Å². The Morgan fingerprint density at radius 1 is 1.22 bits per heavy atom. The Hall–Kier alpha value is -1.99. The van der Waals surface area contributed by atoms with Crippen LogP contribution in [0.2, 0.25) is 0 Å². The highest BCUT2D eigenvalue weighted by atomic mass is 35.5. The number of benzene rings is 1. The molecule has 0 bridgehead atoms. The number of nitrogens with zero attached hydrogens (tertiary/aromatic N) is 4. The van der Waals surface area contributed by atoms with Crippen molar-refractivity contribution < 1.29 is 9.18 Å². The molecule has 2 atom stereocenters. The van der Waals surface area contributed by atoms with E-state index in [-0.39, 0.29) is 30.0 Å². The number of carbonyl (C=O) groups is 1. The highest BCUT2D eigenvalue weighted by Crippen LogP contribution is 2.27. The zero-order valence-corrected chi connectivity index (χ0v) is 16.2. The molecule has 2 aliphatic rings. The van der Waals surface area contributed by atoms with Crippen LogP contribution in [0.4, 0.5) is 4.39 Å². The number of aryl methyl sites for hydroxylation is 1. The number of para-hydroxylation sites is 1. The summed E-state index contributed by atoms with van der Waals surface area (Å²) in [6.07, 6.45) is 2.60. The average molecular weight is 394 g/mol. The van der Waals surface area contributed by atoms with Gasteiger partial charge in [0.05, 0.1) is 0 Å². The lowest BCUT2D eigenvalue weighted by Gasteiger charge is -2.19. The molecule has 146 valence electrons. The van der Waals surface area contributed by atoms with E-state index >= 15 is 0 Å². The van der Waals surface area contributed by atoms with Gasteiger partial charge in [-0.25, -0.2) is 14.1 Å². The SMILES string of the molecule is CCc1nc(C(=O)N2CC[C@@H]3CNC[C@@H]3CC2)nn1-c1ccccc1F.Cl. The number of hydrogen-bond donors (Lipinski definition) is 1. The molecule has 2 fully saturated rings. The van der Waals surface area contributed by atoms with Crippen LogP contribution in [-0.4, -0.2) is 51.8 Å². The van der Waals surface area contributed by atoms with Gasteiger partial charge in [-0.3, -0.25) is 4.79 Å². The number of fused-ring (bicyclic) bond motifs is 1. The van der Waals surface area contributed by atoms with E-state index < -0.39 is 0 Å². The molecule has 8 heteroatoms. The minimum atomic E-state index is -0.374. The van der Waals surface area contributed by atoms with Crippen molar-refractivity contribution >= 4 is 18.3 Å². The predicted molar refractivity (Wildman–Crippen MR) is 103 cm³/mol. The summed E-state index contributed by atoms with van der Waals surface area (Å²) in [5.74, 6) is 1.54. The van der Waals surface area contributed by atoms with Crippen LogP contribution in [0.25, 0.3) is 5.69 Å². The highest BCUT2D eigenvalue weighted by molar-refractivity contribution is 5.90. The lowest BCUT2D eigenvalue weighted by atomic mass is 9.92. The largest absolute Gasteiger partial charge is 0.336 e. The van der Waals surface area contributed by atoms with E-state index in [4.69, 9.17) is 0 Å². The molecule has 2 saturated heterocycles. The van der Waals surface area contributed by atoms with Gasteiger partial charge in [-0.2, -0.15) is 0 Å². The van der Waals surface area contributed by atoms with Crippen LogP contribution in [0.5, 0.6) is 0 Å². The normalized spacial score (nSPS) is 22.1. The second-order valence-electron chi connectivity index (χ2n) is 7.12. The summed E-state index contributed by atoms with van der Waals surface area (Å²) in [6.45, 7) is 5.49. The summed E-state index contributed by atoms with van der Waals surface area (Å²) in [7, 11) is 0. The topological polar surface area (TPSA) is 63.1 Å². The van der Waals surface area contributed by atoms with Crippen LogP contribution in [0.3, 0.4) is 0 Å². The quantitative estimate of drug-likeness (QED) is 0.870. The molecular formula is C19H25ClFN5O. The van der Waals surface area contributed by atoms with E-state index in [0.29, 0.717) is 29.8 Å². The number of carbonyl (C=O) groups excluding carboxylic acids is 1. The third-order valence-electron chi connectivity index (χ3n) is 5.57. The molecule has 27 heavy (non-hydrogen) atoms. The summed E-state index contributed by atoms with van der Waals surface area (Å²) in [5.41, 5.74) is 0.326. The maximum atomic E-state index is 14.2. The molecule has 6 nitrogen and oxygen atoms in total. The molecule has 2 aliphatic heterocycles. The second kappa shape index (κ2) is 8.35. The minimum absolute atomic E-state index is 0. The zero-order chi connectivity index (χ0) is 18.1. The smallest absolute Gasteiger partial charge is 0.293 e. The third-order valence-corrected chi connectivity index (χ3v) is 5.57. The Balaban J connectivity index is 0.00000210. The maximum absolute atomic E-state index is 14.2. The highest BCUT2D eigenvalue weighted by Gasteiger charge is 2.32. The Morgan fingerprint density at radius 3 is 2.52 bits per heavy atom. The van der Waals surface area contributed by atoms with Crippen molar-refractivity contribution in [3.8, 4) is 5.69 Å². The second-order valence-corrected chi connectivity index (χ2v) is 7.12. The molecule has 0 aliphatic carbocycles. The predicted octanol–water partition coefficient (Wildman–Crippen LogP) is 2.46. The number of nitrogens with one attached hydrogen (secondary N) is 1. The summed E-state index contributed by atoms with van der Waals surface area (Å²) in [4.78, 5) is 19.2. The van der Waals surface area contributed by atoms with E-state index in [2.05, 4.69) is 15.4 Å². The molecule has 0 spiro atoms. The lowest BCUT2D eigenvalue weighted by Crippen LogP contribution is -2.33. The summed E-state index contributed by atoms with van der Waals surface area (Å²) < 4.78 is 15.6. The molecule has 3 heterocycles. The first kappa shape index (κ1) is 19.8. The fraction of sp³-hybridized carbons (Fsp3) is 0.526. The van der Waals surface area contributed by atoms with Crippen LogP contribution in [0.1, 0.15) is 36.2 Å². The Kier molecular flexibility index (Phi) is 6.11. The Bertz CT molecular complexity index is 797. The maximum Gasteiger partial charge on any atom is 0.293 e. The summed E-state index contributed by atoms with van der Waals surface area (Å²) in [5, 5.41) is 7.79. The van der Waals surface area contributed by atoms with Gasteiger partial charge >= 0.3 is 0 Å². The molecule has 1 amide bonds. The van der Waals surface area contributed by atoms with Crippen molar-refractivity contribution in [2.75, 3.05) is 26.2 Å². The van der Waals surface area contributed by atoms with Gasteiger partial charge in [0.25, 0.3) is 5.91 Å². The first-order valence-corrected chi connectivity index (χ1v) is 9.38. The van der Waals surface area contributed by atoms with Gasteiger partial charge in [-0.15, -0.1) is 17.5 Å². The standard InChI is InChI=1S/C19H24FN5O.ClH/c1-2-17-22-18(23-25(17)16-6-4-3-5-15(16)20)19(26)24-9-7-13-11-21-12-14(13)8-10-24;/h3-6,13-14,21H,2,7-12H2,1H3;1H/t13-,14+;. The van der Waals surface area contributed by atoms with Crippen molar-refractivity contribution in [2.24, 2.45) is 11.8 Å². The Morgan fingerprint density at radius 2 is 1.89 bits per heavy atom. The Labute approximate surface area is 164 Å². The van der Waals surface area contributed by atoms with Crippen LogP contribution < -0.4 is 5.32 Å². The molecule has 2 aromatic rings. The molecule has 1 aromatic heterocycles. The lowest BCUT2D eigenvalue weighted by molar-refractivity contribution is 0.0746. The number of likely N-dealkylation sites (tertiary alicyclic amines) is 1. The average Bonchev–Trinajstić information content (AvgIpc) is 3.24. The van der Waals surface area contributed by atoms with Crippen LogP contribution >= 0.6 is 12.4 Å². The summed E-state index contributed by atoms with van der Waals surface area (Å²) >= 11 is 0. The van der Waals surface area contributed by atoms with Gasteiger partial charge in [0, 0.05) is 19.5 Å². The first-order chi connectivity index (χ1) is 12.7. The van der Waals surface area contributed by atoms with Crippen LogP contribution in [0, 0.1) is 17.7 Å². The van der Waals surface area contributed by atoms with Gasteiger partial charge in [0.15, 0.2) is 0 Å². The van der Waals surface area contributed by atoms with Gasteiger partial charge in [0.2, 0.25) is 5.82 Å². The molecular weight excluding hydrogens is 369 g/mol. The minimum Gasteiger partial charge on any atom is -0.336 e. The van der Waals surface area contributed by atoms with Crippen molar-refractivity contribution in [3.05, 3.63) is 41.7 Å². The van der Waals surface area contributed by atoms with E-state index in [1.807, 2.05) is 11.8 Å². The van der Waals surface area contributed by atoms with E-state index in [9.17, 15) is 9.18 Å². The van der Waals surface area contributed by atoms with Crippen molar-refractivity contribution in [2.45, 2.75) is 26.2 Å². The number of halogens is 2. The molecule has 1 N–H and O–H groups in total. The molecule has 0 radical (unpaired) electrons. The number of amides is 1. The monoisotopic (exact) mass is 393 g/mol. The van der Waals surface area contributed by atoms with E-state index in [1.165, 1.54) is 10.7 Å². The first-order valence-electron chi connectivity index (χ1n) is 9.38. The fourth-order valence-corrected chi connectivity index (χ4v) is 4.04.